The highest BCUT2D eigenvalue weighted by molar-refractivity contribution is 5.99. The molecule has 1 aromatic carbocycles. The fourth-order valence-corrected chi connectivity index (χ4v) is 2.99. The number of nitrogens with two attached hydrogens (primary N) is 2. The molecule has 0 spiro atoms. The zero-order valence-corrected chi connectivity index (χ0v) is 11.7. The number of anilines is 2. The number of benzene rings is 1. The second-order valence-electron chi connectivity index (χ2n) is 5.59. The van der Waals surface area contributed by atoms with E-state index in [1.54, 1.807) is 18.2 Å². The second-order valence-corrected chi connectivity index (χ2v) is 5.59. The summed E-state index contributed by atoms with van der Waals surface area (Å²) in [5.74, 6) is 0.550. The third kappa shape index (κ3) is 2.83. The maximum absolute atomic E-state index is 12.5. The molecule has 0 heterocycles. The average Bonchev–Trinajstić information content (AvgIpc) is 2.38. The number of hydrogen-bond acceptors (Lipinski definition) is 3. The van der Waals surface area contributed by atoms with Crippen molar-refractivity contribution in [2.75, 3.05) is 18.5 Å². The van der Waals surface area contributed by atoms with Crippen molar-refractivity contribution in [1.82, 2.24) is 4.90 Å². The summed E-state index contributed by atoms with van der Waals surface area (Å²) in [4.78, 5) is 14.4. The van der Waals surface area contributed by atoms with E-state index in [9.17, 15) is 4.79 Å². The Bertz CT molecular complexity index is 472. The van der Waals surface area contributed by atoms with Gasteiger partial charge in [0, 0.05) is 24.5 Å². The zero-order valence-electron chi connectivity index (χ0n) is 11.7. The summed E-state index contributed by atoms with van der Waals surface area (Å²) in [6.07, 6.45) is 4.74. The minimum atomic E-state index is -0.00347. The summed E-state index contributed by atoms with van der Waals surface area (Å²) in [5, 5.41) is 0. The fraction of sp³-hybridized carbons (Fsp3) is 0.533. The molecule has 2 rings (SSSR count). The quantitative estimate of drug-likeness (QED) is 0.803. The van der Waals surface area contributed by atoms with Gasteiger partial charge in [-0.2, -0.15) is 0 Å². The Morgan fingerprint density at radius 1 is 1.26 bits per heavy atom. The smallest absolute Gasteiger partial charge is 0.255 e. The van der Waals surface area contributed by atoms with Crippen molar-refractivity contribution in [3.05, 3.63) is 23.8 Å². The van der Waals surface area contributed by atoms with Crippen molar-refractivity contribution in [1.29, 1.82) is 0 Å². The van der Waals surface area contributed by atoms with Crippen LogP contribution in [0.4, 0.5) is 11.4 Å². The third-order valence-electron chi connectivity index (χ3n) is 4.19. The minimum absolute atomic E-state index is 0.00347. The lowest BCUT2D eigenvalue weighted by Crippen LogP contribution is -2.42. The number of carbonyl (C=O) groups excluding carboxylic acids is 1. The Labute approximate surface area is 114 Å². The minimum Gasteiger partial charge on any atom is -0.399 e. The Morgan fingerprint density at radius 3 is 2.58 bits per heavy atom. The van der Waals surface area contributed by atoms with Crippen LogP contribution >= 0.6 is 0 Å². The van der Waals surface area contributed by atoms with Gasteiger partial charge in [0.2, 0.25) is 0 Å². The van der Waals surface area contributed by atoms with E-state index in [4.69, 9.17) is 11.5 Å². The van der Waals surface area contributed by atoms with Gasteiger partial charge >= 0.3 is 0 Å². The Balaban J connectivity index is 2.18. The molecule has 4 nitrogen and oxygen atoms in total. The Morgan fingerprint density at radius 2 is 1.95 bits per heavy atom. The fourth-order valence-electron chi connectivity index (χ4n) is 2.99. The molecule has 1 fully saturated rings. The van der Waals surface area contributed by atoms with Crippen molar-refractivity contribution in [2.45, 2.75) is 38.6 Å². The molecule has 0 bridgehead atoms. The van der Waals surface area contributed by atoms with Crippen LogP contribution in [-0.4, -0.2) is 23.9 Å². The number of nitrogens with zero attached hydrogens (tertiary/aromatic N) is 1. The van der Waals surface area contributed by atoms with Crippen LogP contribution in [0.5, 0.6) is 0 Å². The SMILES string of the molecule is CC1CCCCC1N(C)C(=O)c1ccc(N)cc1N. The topological polar surface area (TPSA) is 72.3 Å². The molecule has 1 saturated carbocycles. The Hall–Kier alpha value is -1.71. The number of amides is 1. The highest BCUT2D eigenvalue weighted by atomic mass is 16.2. The van der Waals surface area contributed by atoms with Gasteiger partial charge < -0.3 is 16.4 Å². The molecule has 0 aromatic heterocycles. The average molecular weight is 261 g/mol. The van der Waals surface area contributed by atoms with Crippen LogP contribution < -0.4 is 11.5 Å². The molecule has 1 aromatic rings. The first kappa shape index (κ1) is 13.7. The molecule has 2 unspecified atom stereocenters. The molecule has 0 aliphatic heterocycles. The third-order valence-corrected chi connectivity index (χ3v) is 4.19. The van der Waals surface area contributed by atoms with E-state index >= 15 is 0 Å². The Kier molecular flexibility index (Phi) is 3.98. The predicted molar refractivity (Wildman–Crippen MR) is 78.8 cm³/mol. The summed E-state index contributed by atoms with van der Waals surface area (Å²) >= 11 is 0. The van der Waals surface area contributed by atoms with E-state index in [1.807, 2.05) is 11.9 Å². The van der Waals surface area contributed by atoms with Crippen molar-refractivity contribution < 1.29 is 4.79 Å². The van der Waals surface area contributed by atoms with Gasteiger partial charge in [0.05, 0.1) is 5.56 Å². The molecule has 0 saturated heterocycles. The molecule has 4 N–H and O–H groups in total. The maximum Gasteiger partial charge on any atom is 0.255 e. The summed E-state index contributed by atoms with van der Waals surface area (Å²) in [7, 11) is 1.88. The highest BCUT2D eigenvalue weighted by Crippen LogP contribution is 2.29. The van der Waals surface area contributed by atoms with E-state index < -0.39 is 0 Å². The summed E-state index contributed by atoms with van der Waals surface area (Å²) in [5.41, 5.74) is 13.2. The second kappa shape index (κ2) is 5.51. The lowest BCUT2D eigenvalue weighted by atomic mass is 9.85. The van der Waals surface area contributed by atoms with Gasteiger partial charge in [-0.05, 0) is 37.0 Å². The zero-order chi connectivity index (χ0) is 14.0. The van der Waals surface area contributed by atoms with E-state index in [2.05, 4.69) is 6.92 Å². The van der Waals surface area contributed by atoms with Crippen molar-refractivity contribution in [2.24, 2.45) is 5.92 Å². The van der Waals surface area contributed by atoms with Crippen LogP contribution in [0.3, 0.4) is 0 Å². The normalized spacial score (nSPS) is 23.1. The maximum atomic E-state index is 12.5. The lowest BCUT2D eigenvalue weighted by molar-refractivity contribution is 0.0630. The molecule has 104 valence electrons. The van der Waals surface area contributed by atoms with Gasteiger partial charge in [-0.15, -0.1) is 0 Å². The molecular weight excluding hydrogens is 238 g/mol. The lowest BCUT2D eigenvalue weighted by Gasteiger charge is -2.36. The molecule has 2 atom stereocenters. The van der Waals surface area contributed by atoms with Gasteiger partial charge in [-0.1, -0.05) is 19.8 Å². The molecule has 0 radical (unpaired) electrons. The first-order valence-electron chi connectivity index (χ1n) is 6.93. The number of hydrogen-bond donors (Lipinski definition) is 2. The summed E-state index contributed by atoms with van der Waals surface area (Å²) in [6, 6.07) is 5.41. The van der Waals surface area contributed by atoms with Crippen LogP contribution in [0.25, 0.3) is 0 Å². The summed E-state index contributed by atoms with van der Waals surface area (Å²) < 4.78 is 0. The van der Waals surface area contributed by atoms with Crippen LogP contribution in [0.15, 0.2) is 18.2 Å². The van der Waals surface area contributed by atoms with Gasteiger partial charge in [0.25, 0.3) is 5.91 Å². The van der Waals surface area contributed by atoms with Crippen molar-refractivity contribution in [3.8, 4) is 0 Å². The van der Waals surface area contributed by atoms with Crippen LogP contribution in [0.1, 0.15) is 43.0 Å². The first-order chi connectivity index (χ1) is 9.00. The molecule has 1 amide bonds. The highest BCUT2D eigenvalue weighted by Gasteiger charge is 2.28. The van der Waals surface area contributed by atoms with Crippen LogP contribution in [0, 0.1) is 5.92 Å². The van der Waals surface area contributed by atoms with Gasteiger partial charge in [-0.3, -0.25) is 4.79 Å². The van der Waals surface area contributed by atoms with E-state index in [-0.39, 0.29) is 5.91 Å². The monoisotopic (exact) mass is 261 g/mol. The molecule has 1 aliphatic rings. The summed E-state index contributed by atoms with van der Waals surface area (Å²) in [6.45, 7) is 2.22. The molecule has 4 heteroatoms. The number of nitrogen functional groups attached to an aromatic ring is 2. The molecule has 1 aliphatic carbocycles. The van der Waals surface area contributed by atoms with Crippen LogP contribution in [-0.2, 0) is 0 Å². The predicted octanol–water partition coefficient (Wildman–Crippen LogP) is 2.50. The van der Waals surface area contributed by atoms with Gasteiger partial charge in [-0.25, -0.2) is 0 Å². The number of rotatable bonds is 2. The van der Waals surface area contributed by atoms with E-state index in [0.29, 0.717) is 28.9 Å². The largest absolute Gasteiger partial charge is 0.399 e. The van der Waals surface area contributed by atoms with Crippen LogP contribution in [0.2, 0.25) is 0 Å². The van der Waals surface area contributed by atoms with Crippen molar-refractivity contribution in [3.63, 3.8) is 0 Å². The van der Waals surface area contributed by atoms with E-state index in [1.165, 1.54) is 19.3 Å². The van der Waals surface area contributed by atoms with Gasteiger partial charge in [0.15, 0.2) is 0 Å². The standard InChI is InChI=1S/C15H23N3O/c1-10-5-3-4-6-14(10)18(2)15(19)12-8-7-11(16)9-13(12)17/h7-10,14H,3-6,16-17H2,1-2H3. The van der Waals surface area contributed by atoms with Gasteiger partial charge in [0.1, 0.15) is 0 Å². The van der Waals surface area contributed by atoms with E-state index in [0.717, 1.165) is 6.42 Å². The van der Waals surface area contributed by atoms with Crippen molar-refractivity contribution >= 4 is 17.3 Å². The molecular formula is C15H23N3O. The molecule has 19 heavy (non-hydrogen) atoms. The first-order valence-corrected chi connectivity index (χ1v) is 6.93. The number of carbonyl (C=O) groups is 1.